The lowest BCUT2D eigenvalue weighted by Crippen LogP contribution is -2.26. The highest BCUT2D eigenvalue weighted by Crippen LogP contribution is 2.24. The Bertz CT molecular complexity index is 324. The predicted molar refractivity (Wildman–Crippen MR) is 80.4 cm³/mol. The summed E-state index contributed by atoms with van der Waals surface area (Å²) < 4.78 is 0. The van der Waals surface area contributed by atoms with E-state index in [0.717, 1.165) is 22.2 Å². The summed E-state index contributed by atoms with van der Waals surface area (Å²) in [6, 6.07) is 6.11. The van der Waals surface area contributed by atoms with E-state index in [4.69, 9.17) is 23.2 Å². The average Bonchev–Trinajstić information content (AvgIpc) is 2.29. The third kappa shape index (κ3) is 5.52. The maximum Gasteiger partial charge on any atom is 0.0465 e. The maximum absolute atomic E-state index is 6.11. The van der Waals surface area contributed by atoms with Crippen molar-refractivity contribution in [3.8, 4) is 0 Å². The Morgan fingerprint density at radius 1 is 1.29 bits per heavy atom. The molecule has 96 valence electrons. The Morgan fingerprint density at radius 3 is 2.53 bits per heavy atom. The van der Waals surface area contributed by atoms with Gasteiger partial charge in [-0.05, 0) is 37.0 Å². The smallest absolute Gasteiger partial charge is 0.0465 e. The molecule has 1 nitrogen and oxygen atoms in total. The topological polar surface area (TPSA) is 12.0 Å². The van der Waals surface area contributed by atoms with Crippen molar-refractivity contribution in [1.82, 2.24) is 5.32 Å². The molecule has 1 aromatic carbocycles. The summed E-state index contributed by atoms with van der Waals surface area (Å²) in [7, 11) is 0. The second-order valence-corrected chi connectivity index (χ2v) is 6.18. The van der Waals surface area contributed by atoms with Gasteiger partial charge in [0.2, 0.25) is 0 Å². The lowest BCUT2D eigenvalue weighted by molar-refractivity contribution is 0.537. The van der Waals surface area contributed by atoms with Gasteiger partial charge in [-0.1, -0.05) is 36.2 Å². The molecule has 0 amide bonds. The maximum atomic E-state index is 6.11. The standard InChI is InChI=1S/C13H19Cl2NS/c1-3-17-8-7-10(2)16-9-11-12(14)5-4-6-13(11)15/h4-6,10,16H,3,7-9H2,1-2H3. The molecule has 0 aliphatic rings. The summed E-state index contributed by atoms with van der Waals surface area (Å²) in [4.78, 5) is 0. The second-order valence-electron chi connectivity index (χ2n) is 3.97. The second kappa shape index (κ2) is 8.25. The van der Waals surface area contributed by atoms with Crippen molar-refractivity contribution in [1.29, 1.82) is 0 Å². The fourth-order valence-electron chi connectivity index (χ4n) is 1.48. The van der Waals surface area contributed by atoms with E-state index in [1.807, 2.05) is 30.0 Å². The van der Waals surface area contributed by atoms with Gasteiger partial charge < -0.3 is 5.32 Å². The van der Waals surface area contributed by atoms with Gasteiger partial charge in [-0.25, -0.2) is 0 Å². The van der Waals surface area contributed by atoms with Crippen molar-refractivity contribution in [2.75, 3.05) is 11.5 Å². The van der Waals surface area contributed by atoms with Gasteiger partial charge in [0.15, 0.2) is 0 Å². The molecule has 0 aliphatic carbocycles. The fourth-order valence-corrected chi connectivity index (χ4v) is 2.82. The zero-order valence-corrected chi connectivity index (χ0v) is 12.6. The van der Waals surface area contributed by atoms with Crippen LogP contribution in [0.3, 0.4) is 0 Å². The van der Waals surface area contributed by atoms with Gasteiger partial charge in [0.05, 0.1) is 0 Å². The van der Waals surface area contributed by atoms with Crippen LogP contribution in [0.2, 0.25) is 10.0 Å². The molecule has 1 aromatic rings. The minimum Gasteiger partial charge on any atom is -0.310 e. The molecule has 0 aliphatic heterocycles. The summed E-state index contributed by atoms with van der Waals surface area (Å²) >= 11 is 14.2. The highest BCUT2D eigenvalue weighted by atomic mass is 35.5. The number of thioether (sulfide) groups is 1. The highest BCUT2D eigenvalue weighted by Gasteiger charge is 2.07. The molecule has 1 rings (SSSR count). The predicted octanol–water partition coefficient (Wildman–Crippen LogP) is 4.61. The molecule has 0 radical (unpaired) electrons. The summed E-state index contributed by atoms with van der Waals surface area (Å²) in [5.41, 5.74) is 0.992. The van der Waals surface area contributed by atoms with E-state index < -0.39 is 0 Å². The van der Waals surface area contributed by atoms with Crippen LogP contribution in [0, 0.1) is 0 Å². The van der Waals surface area contributed by atoms with Gasteiger partial charge in [-0.2, -0.15) is 11.8 Å². The van der Waals surface area contributed by atoms with E-state index in [0.29, 0.717) is 6.04 Å². The number of rotatable bonds is 7. The summed E-state index contributed by atoms with van der Waals surface area (Å²) in [6.45, 7) is 5.11. The SMILES string of the molecule is CCSCCC(C)NCc1c(Cl)cccc1Cl. The summed E-state index contributed by atoms with van der Waals surface area (Å²) in [6.07, 6.45) is 1.17. The van der Waals surface area contributed by atoms with E-state index in [1.165, 1.54) is 17.9 Å². The average molecular weight is 292 g/mol. The Hall–Kier alpha value is 0.110. The quantitative estimate of drug-likeness (QED) is 0.736. The zero-order valence-electron chi connectivity index (χ0n) is 10.3. The fraction of sp³-hybridized carbons (Fsp3) is 0.538. The van der Waals surface area contributed by atoms with Crippen molar-refractivity contribution in [2.24, 2.45) is 0 Å². The number of hydrogen-bond donors (Lipinski definition) is 1. The molecular formula is C13H19Cl2NS. The molecule has 1 unspecified atom stereocenters. The molecule has 1 N–H and O–H groups in total. The minimum atomic E-state index is 0.487. The van der Waals surface area contributed by atoms with Gasteiger partial charge in [0.25, 0.3) is 0 Å². The first kappa shape index (κ1) is 15.2. The van der Waals surface area contributed by atoms with Crippen molar-refractivity contribution in [3.05, 3.63) is 33.8 Å². The van der Waals surface area contributed by atoms with Gasteiger partial charge in [-0.3, -0.25) is 0 Å². The number of benzene rings is 1. The van der Waals surface area contributed by atoms with Gasteiger partial charge >= 0.3 is 0 Å². The van der Waals surface area contributed by atoms with Crippen LogP contribution in [0.15, 0.2) is 18.2 Å². The molecular weight excluding hydrogens is 273 g/mol. The van der Waals surface area contributed by atoms with Crippen molar-refractivity contribution in [2.45, 2.75) is 32.9 Å². The van der Waals surface area contributed by atoms with Gasteiger partial charge in [0.1, 0.15) is 0 Å². The molecule has 0 saturated heterocycles. The number of nitrogens with one attached hydrogen (secondary N) is 1. The zero-order chi connectivity index (χ0) is 12.7. The molecule has 4 heteroatoms. The minimum absolute atomic E-state index is 0.487. The Morgan fingerprint density at radius 2 is 1.94 bits per heavy atom. The third-order valence-electron chi connectivity index (χ3n) is 2.59. The largest absolute Gasteiger partial charge is 0.310 e. The molecule has 0 aromatic heterocycles. The first-order valence-corrected chi connectivity index (χ1v) is 7.80. The Kier molecular flexibility index (Phi) is 7.36. The van der Waals surface area contributed by atoms with Gasteiger partial charge in [-0.15, -0.1) is 0 Å². The van der Waals surface area contributed by atoms with E-state index in [-0.39, 0.29) is 0 Å². The lowest BCUT2D eigenvalue weighted by atomic mass is 10.2. The van der Waals surface area contributed by atoms with E-state index in [9.17, 15) is 0 Å². The monoisotopic (exact) mass is 291 g/mol. The van der Waals surface area contributed by atoms with Crippen LogP contribution in [0.5, 0.6) is 0 Å². The molecule has 0 saturated carbocycles. The molecule has 0 heterocycles. The first-order valence-electron chi connectivity index (χ1n) is 5.89. The summed E-state index contributed by atoms with van der Waals surface area (Å²) in [5.74, 6) is 2.38. The molecule has 0 spiro atoms. The van der Waals surface area contributed by atoms with E-state index in [2.05, 4.69) is 19.2 Å². The van der Waals surface area contributed by atoms with Crippen molar-refractivity contribution < 1.29 is 0 Å². The molecule has 1 atom stereocenters. The molecule has 0 bridgehead atoms. The first-order chi connectivity index (χ1) is 8.15. The normalized spacial score (nSPS) is 12.7. The molecule has 17 heavy (non-hydrogen) atoms. The van der Waals surface area contributed by atoms with Crippen molar-refractivity contribution in [3.63, 3.8) is 0 Å². The van der Waals surface area contributed by atoms with Crippen LogP contribution in [-0.4, -0.2) is 17.5 Å². The van der Waals surface area contributed by atoms with Crippen LogP contribution in [0.25, 0.3) is 0 Å². The van der Waals surface area contributed by atoms with Crippen LogP contribution in [0.1, 0.15) is 25.8 Å². The van der Waals surface area contributed by atoms with Crippen LogP contribution < -0.4 is 5.32 Å². The van der Waals surface area contributed by atoms with Crippen LogP contribution in [-0.2, 0) is 6.54 Å². The van der Waals surface area contributed by atoms with Crippen LogP contribution in [0.4, 0.5) is 0 Å². The third-order valence-corrected chi connectivity index (χ3v) is 4.23. The van der Waals surface area contributed by atoms with E-state index >= 15 is 0 Å². The van der Waals surface area contributed by atoms with Gasteiger partial charge in [0, 0.05) is 28.2 Å². The lowest BCUT2D eigenvalue weighted by Gasteiger charge is -2.15. The summed E-state index contributed by atoms with van der Waals surface area (Å²) in [5, 5.41) is 4.93. The Balaban J connectivity index is 2.39. The van der Waals surface area contributed by atoms with Crippen LogP contribution >= 0.6 is 35.0 Å². The van der Waals surface area contributed by atoms with E-state index in [1.54, 1.807) is 0 Å². The van der Waals surface area contributed by atoms with Crippen molar-refractivity contribution >= 4 is 35.0 Å². The number of hydrogen-bond acceptors (Lipinski definition) is 2. The highest BCUT2D eigenvalue weighted by molar-refractivity contribution is 7.99. The molecule has 0 fully saturated rings. The Labute approximate surface area is 118 Å². The number of halogens is 2.